The van der Waals surface area contributed by atoms with Gasteiger partial charge >= 0.3 is 0 Å². The molecule has 0 aliphatic heterocycles. The van der Waals surface area contributed by atoms with Gasteiger partial charge in [-0.05, 0) is 6.42 Å². The van der Waals surface area contributed by atoms with Gasteiger partial charge in [0.05, 0.1) is 0 Å². The van der Waals surface area contributed by atoms with Crippen molar-refractivity contribution in [2.24, 2.45) is 0 Å². The molecule has 1 unspecified atom stereocenters. The van der Waals surface area contributed by atoms with Gasteiger partial charge in [-0.2, -0.15) is 8.42 Å². The number of hydrogen-bond donors (Lipinski definition) is 1. The summed E-state index contributed by atoms with van der Waals surface area (Å²) in [5, 5.41) is 0. The Morgan fingerprint density at radius 2 is 2.11 bits per heavy atom. The van der Waals surface area contributed by atoms with Crippen molar-refractivity contribution >= 4 is 10.1 Å². The first-order chi connectivity index (χ1) is 4.02. The van der Waals surface area contributed by atoms with Crippen molar-refractivity contribution in [3.8, 4) is 0 Å². The summed E-state index contributed by atoms with van der Waals surface area (Å²) in [5.74, 6) is 0. The maximum Gasteiger partial charge on any atom is 0.292 e. The van der Waals surface area contributed by atoms with Gasteiger partial charge in [-0.3, -0.25) is 4.55 Å². The minimum atomic E-state index is -3.99. The van der Waals surface area contributed by atoms with E-state index in [0.29, 0.717) is 0 Å². The van der Waals surface area contributed by atoms with Crippen LogP contribution in [0.15, 0.2) is 0 Å². The van der Waals surface area contributed by atoms with Crippen molar-refractivity contribution in [3.05, 3.63) is 0 Å². The van der Waals surface area contributed by atoms with Gasteiger partial charge in [0.25, 0.3) is 10.1 Å². The molecule has 0 aromatic heterocycles. The second kappa shape index (κ2) is 3.14. The van der Waals surface area contributed by atoms with Gasteiger partial charge in [0, 0.05) is 7.11 Å². The Morgan fingerprint density at radius 1 is 1.67 bits per heavy atom. The first kappa shape index (κ1) is 8.87. The fourth-order valence-electron chi connectivity index (χ4n) is 0.499. The Bertz CT molecular complexity index is 155. The molecule has 0 heterocycles. The second-order valence-electron chi connectivity index (χ2n) is 1.59. The van der Waals surface area contributed by atoms with Gasteiger partial charge in [-0.15, -0.1) is 0 Å². The van der Waals surface area contributed by atoms with E-state index in [0.717, 1.165) is 0 Å². The van der Waals surface area contributed by atoms with Gasteiger partial charge in [0.15, 0.2) is 5.44 Å². The van der Waals surface area contributed by atoms with Gasteiger partial charge in [-0.1, -0.05) is 6.92 Å². The van der Waals surface area contributed by atoms with E-state index in [-0.39, 0.29) is 6.42 Å². The standard InChI is InChI=1S/C4H10O4S/c1-3-4(8-2)9(5,6)7/h4H,3H2,1-2H3,(H,5,6,7). The lowest BCUT2D eigenvalue weighted by Crippen LogP contribution is -2.20. The number of hydrogen-bond acceptors (Lipinski definition) is 3. The van der Waals surface area contributed by atoms with E-state index in [9.17, 15) is 8.42 Å². The van der Waals surface area contributed by atoms with Crippen molar-refractivity contribution in [1.29, 1.82) is 0 Å². The van der Waals surface area contributed by atoms with Crippen LogP contribution >= 0.6 is 0 Å². The van der Waals surface area contributed by atoms with E-state index in [2.05, 4.69) is 4.74 Å². The summed E-state index contributed by atoms with van der Waals surface area (Å²) in [7, 11) is -2.75. The van der Waals surface area contributed by atoms with Crippen molar-refractivity contribution in [2.75, 3.05) is 7.11 Å². The maximum absolute atomic E-state index is 10.2. The van der Waals surface area contributed by atoms with Gasteiger partial charge in [0.2, 0.25) is 0 Å². The molecule has 0 bridgehead atoms. The van der Waals surface area contributed by atoms with E-state index >= 15 is 0 Å². The van der Waals surface area contributed by atoms with Crippen LogP contribution in [0.3, 0.4) is 0 Å². The Hall–Kier alpha value is -0.130. The molecule has 0 aliphatic rings. The minimum Gasteiger partial charge on any atom is -0.363 e. The van der Waals surface area contributed by atoms with Crippen LogP contribution in [-0.2, 0) is 14.9 Å². The third kappa shape index (κ3) is 2.78. The zero-order chi connectivity index (χ0) is 7.49. The molecule has 0 amide bonds. The van der Waals surface area contributed by atoms with Crippen molar-refractivity contribution in [2.45, 2.75) is 18.8 Å². The van der Waals surface area contributed by atoms with Gasteiger partial charge in [0.1, 0.15) is 0 Å². The summed E-state index contributed by atoms with van der Waals surface area (Å²) in [6.07, 6.45) is 0.259. The zero-order valence-corrected chi connectivity index (χ0v) is 6.18. The summed E-state index contributed by atoms with van der Waals surface area (Å²) >= 11 is 0. The predicted molar refractivity (Wildman–Crippen MR) is 32.6 cm³/mol. The van der Waals surface area contributed by atoms with Crippen LogP contribution < -0.4 is 0 Å². The van der Waals surface area contributed by atoms with Gasteiger partial charge in [-0.25, -0.2) is 0 Å². The second-order valence-corrected chi connectivity index (χ2v) is 3.14. The van der Waals surface area contributed by atoms with Crippen LogP contribution in [0.25, 0.3) is 0 Å². The molecule has 1 atom stereocenters. The molecule has 0 aromatic rings. The molecule has 0 rings (SSSR count). The van der Waals surface area contributed by atoms with Gasteiger partial charge < -0.3 is 4.74 Å². The normalized spacial score (nSPS) is 15.4. The number of ether oxygens (including phenoxy) is 1. The van der Waals surface area contributed by atoms with Crippen LogP contribution in [0.2, 0.25) is 0 Å². The summed E-state index contributed by atoms with van der Waals surface area (Å²) < 4.78 is 33.2. The van der Waals surface area contributed by atoms with E-state index in [4.69, 9.17) is 4.55 Å². The lowest BCUT2D eigenvalue weighted by atomic mass is 10.5. The number of methoxy groups -OCH3 is 1. The molecular weight excluding hydrogens is 144 g/mol. The molecule has 5 heteroatoms. The van der Waals surface area contributed by atoms with Crippen molar-refractivity contribution < 1.29 is 17.7 Å². The summed E-state index contributed by atoms with van der Waals surface area (Å²) in [5.41, 5.74) is -1.07. The smallest absolute Gasteiger partial charge is 0.292 e. The highest BCUT2D eigenvalue weighted by atomic mass is 32.2. The number of rotatable bonds is 3. The Balaban J connectivity index is 4.14. The molecule has 0 spiro atoms. The van der Waals surface area contributed by atoms with Crippen LogP contribution in [0.1, 0.15) is 13.3 Å². The van der Waals surface area contributed by atoms with Crippen molar-refractivity contribution in [1.82, 2.24) is 0 Å². The van der Waals surface area contributed by atoms with Crippen LogP contribution in [0.4, 0.5) is 0 Å². The molecule has 4 nitrogen and oxygen atoms in total. The molecule has 0 fully saturated rings. The lowest BCUT2D eigenvalue weighted by molar-refractivity contribution is 0.151. The molecule has 0 aromatic carbocycles. The predicted octanol–water partition coefficient (Wildman–Crippen LogP) is 0.257. The zero-order valence-electron chi connectivity index (χ0n) is 5.36. The Labute approximate surface area is 54.6 Å². The van der Waals surface area contributed by atoms with Crippen LogP contribution in [0.5, 0.6) is 0 Å². The quantitative estimate of drug-likeness (QED) is 0.592. The van der Waals surface area contributed by atoms with Crippen molar-refractivity contribution in [3.63, 3.8) is 0 Å². The Morgan fingerprint density at radius 3 is 2.11 bits per heavy atom. The molecule has 9 heavy (non-hydrogen) atoms. The fraction of sp³-hybridized carbons (Fsp3) is 1.00. The summed E-state index contributed by atoms with van der Waals surface area (Å²) in [6, 6.07) is 0. The minimum absolute atomic E-state index is 0.259. The highest BCUT2D eigenvalue weighted by Gasteiger charge is 2.18. The van der Waals surface area contributed by atoms with E-state index < -0.39 is 15.6 Å². The summed E-state index contributed by atoms with van der Waals surface area (Å²) in [6.45, 7) is 1.61. The lowest BCUT2D eigenvalue weighted by Gasteiger charge is -2.07. The average molecular weight is 154 g/mol. The monoisotopic (exact) mass is 154 g/mol. The first-order valence-electron chi connectivity index (χ1n) is 2.51. The van der Waals surface area contributed by atoms with E-state index in [1.54, 1.807) is 6.92 Å². The third-order valence-electron chi connectivity index (χ3n) is 0.928. The topological polar surface area (TPSA) is 63.6 Å². The highest BCUT2D eigenvalue weighted by Crippen LogP contribution is 2.02. The maximum atomic E-state index is 10.2. The fourth-order valence-corrected chi connectivity index (χ4v) is 1.16. The van der Waals surface area contributed by atoms with E-state index in [1.807, 2.05) is 0 Å². The molecule has 0 radical (unpaired) electrons. The Kier molecular flexibility index (Phi) is 3.10. The summed E-state index contributed by atoms with van der Waals surface area (Å²) in [4.78, 5) is 0. The molecule has 0 saturated heterocycles. The largest absolute Gasteiger partial charge is 0.363 e. The third-order valence-corrected chi connectivity index (χ3v) is 2.12. The van der Waals surface area contributed by atoms with Crippen LogP contribution in [0, 0.1) is 0 Å². The molecule has 0 aliphatic carbocycles. The van der Waals surface area contributed by atoms with Crippen LogP contribution in [-0.4, -0.2) is 25.5 Å². The van der Waals surface area contributed by atoms with E-state index in [1.165, 1.54) is 7.11 Å². The SMILES string of the molecule is CCC(OC)S(=O)(=O)O. The molecule has 0 saturated carbocycles. The highest BCUT2D eigenvalue weighted by molar-refractivity contribution is 7.86. The first-order valence-corrected chi connectivity index (χ1v) is 4.01. The molecule has 56 valence electrons. The molecular formula is C4H10O4S. The molecule has 1 N–H and O–H groups in total. The average Bonchev–Trinajstić information content (AvgIpc) is 1.65.